The number of ether oxygens (including phenoxy) is 1. The van der Waals surface area contributed by atoms with Crippen LogP contribution in [0.1, 0.15) is 18.4 Å². The maximum absolute atomic E-state index is 11.8. The summed E-state index contributed by atoms with van der Waals surface area (Å²) < 4.78 is 4.61. The van der Waals surface area contributed by atoms with E-state index in [2.05, 4.69) is 11.3 Å². The molecule has 0 saturated heterocycles. The molecular weight excluding hydrogens is 232 g/mol. The predicted octanol–water partition coefficient (Wildman–Crippen LogP) is 2.22. The van der Waals surface area contributed by atoms with Crippen molar-refractivity contribution in [2.45, 2.75) is 12.8 Å². The number of carbonyl (C=O) groups is 2. The van der Waals surface area contributed by atoms with Crippen LogP contribution >= 0.6 is 0 Å². The van der Waals surface area contributed by atoms with Crippen LogP contribution in [0, 0.1) is 5.41 Å². The average Bonchev–Trinajstić information content (AvgIpc) is 2.39. The van der Waals surface area contributed by atoms with Crippen molar-refractivity contribution < 1.29 is 19.4 Å². The standard InChI is InChI=1S/C14H16O4/c1-4-11(10-8-6-5-7-9-10)14(2,12(15)16)13(17)18-3/h4-9,11H,1H2,2-3H3,(H,15,16). The second-order valence-corrected chi connectivity index (χ2v) is 4.12. The van der Waals surface area contributed by atoms with Crippen molar-refractivity contribution in [2.75, 3.05) is 7.11 Å². The van der Waals surface area contributed by atoms with Gasteiger partial charge in [0.1, 0.15) is 0 Å². The Morgan fingerprint density at radius 3 is 2.33 bits per heavy atom. The highest BCUT2D eigenvalue weighted by atomic mass is 16.5. The van der Waals surface area contributed by atoms with Gasteiger partial charge in [-0.3, -0.25) is 9.59 Å². The summed E-state index contributed by atoms with van der Waals surface area (Å²) in [5, 5.41) is 9.35. The molecule has 0 fully saturated rings. The van der Waals surface area contributed by atoms with Crippen molar-refractivity contribution in [3.05, 3.63) is 48.6 Å². The number of benzene rings is 1. The molecule has 0 saturated carbocycles. The van der Waals surface area contributed by atoms with Crippen molar-refractivity contribution in [1.29, 1.82) is 0 Å². The van der Waals surface area contributed by atoms with E-state index in [1.807, 2.05) is 6.07 Å². The van der Waals surface area contributed by atoms with Gasteiger partial charge in [-0.05, 0) is 12.5 Å². The lowest BCUT2D eigenvalue weighted by Gasteiger charge is -2.29. The average molecular weight is 248 g/mol. The summed E-state index contributed by atoms with van der Waals surface area (Å²) in [5.41, 5.74) is -0.972. The number of carbonyl (C=O) groups excluding carboxylic acids is 1. The number of hydrogen-bond acceptors (Lipinski definition) is 3. The second kappa shape index (κ2) is 5.49. The molecule has 4 heteroatoms. The van der Waals surface area contributed by atoms with E-state index in [0.29, 0.717) is 5.56 Å². The Balaban J connectivity index is 3.31. The smallest absolute Gasteiger partial charge is 0.323 e. The van der Waals surface area contributed by atoms with Gasteiger partial charge in [0.2, 0.25) is 0 Å². The molecule has 4 nitrogen and oxygen atoms in total. The number of esters is 1. The van der Waals surface area contributed by atoms with Crippen molar-refractivity contribution in [1.82, 2.24) is 0 Å². The first-order valence-electron chi connectivity index (χ1n) is 5.47. The summed E-state index contributed by atoms with van der Waals surface area (Å²) in [6.45, 7) is 4.98. The summed E-state index contributed by atoms with van der Waals surface area (Å²) in [5.74, 6) is -2.67. The molecule has 0 aliphatic heterocycles. The van der Waals surface area contributed by atoms with Crippen molar-refractivity contribution >= 4 is 11.9 Å². The van der Waals surface area contributed by atoms with Gasteiger partial charge in [-0.15, -0.1) is 6.58 Å². The maximum atomic E-state index is 11.8. The molecule has 2 atom stereocenters. The first-order valence-corrected chi connectivity index (χ1v) is 5.47. The molecule has 0 spiro atoms. The third-order valence-corrected chi connectivity index (χ3v) is 3.07. The van der Waals surface area contributed by atoms with E-state index >= 15 is 0 Å². The molecule has 1 aromatic carbocycles. The predicted molar refractivity (Wildman–Crippen MR) is 67.1 cm³/mol. The molecule has 0 amide bonds. The summed E-state index contributed by atoms with van der Waals surface area (Å²) in [6.07, 6.45) is 1.46. The van der Waals surface area contributed by atoms with Crippen LogP contribution < -0.4 is 0 Å². The van der Waals surface area contributed by atoms with Gasteiger partial charge in [-0.1, -0.05) is 36.4 Å². The van der Waals surface area contributed by atoms with Crippen molar-refractivity contribution in [3.8, 4) is 0 Å². The van der Waals surface area contributed by atoms with Crippen LogP contribution in [0.4, 0.5) is 0 Å². The Hall–Kier alpha value is -2.10. The molecule has 0 radical (unpaired) electrons. The lowest BCUT2D eigenvalue weighted by Crippen LogP contribution is -2.42. The van der Waals surface area contributed by atoms with Crippen LogP contribution in [-0.4, -0.2) is 24.2 Å². The zero-order chi connectivity index (χ0) is 13.8. The first kappa shape index (κ1) is 14.0. The lowest BCUT2D eigenvalue weighted by molar-refractivity contribution is -0.166. The van der Waals surface area contributed by atoms with E-state index in [1.165, 1.54) is 20.1 Å². The number of hydrogen-bond donors (Lipinski definition) is 1. The van der Waals surface area contributed by atoms with Gasteiger partial charge in [0.25, 0.3) is 0 Å². The fourth-order valence-corrected chi connectivity index (χ4v) is 1.92. The highest BCUT2D eigenvalue weighted by Crippen LogP contribution is 2.38. The molecule has 0 heterocycles. The molecule has 18 heavy (non-hydrogen) atoms. The van der Waals surface area contributed by atoms with E-state index in [0.717, 1.165) is 0 Å². The topological polar surface area (TPSA) is 63.6 Å². The molecule has 0 aromatic heterocycles. The summed E-state index contributed by atoms with van der Waals surface area (Å²) in [6, 6.07) is 8.91. The summed E-state index contributed by atoms with van der Waals surface area (Å²) in [4.78, 5) is 23.2. The Morgan fingerprint density at radius 1 is 1.39 bits per heavy atom. The SMILES string of the molecule is C=CC(c1ccccc1)C(C)(C(=O)O)C(=O)OC. The minimum atomic E-state index is -1.68. The molecule has 96 valence electrons. The molecule has 2 unspecified atom stereocenters. The minimum Gasteiger partial charge on any atom is -0.480 e. The van der Waals surface area contributed by atoms with Crippen LogP contribution in [0.5, 0.6) is 0 Å². The Bertz CT molecular complexity index is 452. The molecule has 0 aliphatic carbocycles. The zero-order valence-electron chi connectivity index (χ0n) is 10.4. The Morgan fingerprint density at radius 2 is 1.94 bits per heavy atom. The van der Waals surface area contributed by atoms with Gasteiger partial charge in [0.15, 0.2) is 5.41 Å². The number of carboxylic acid groups (broad SMARTS) is 1. The number of aliphatic carboxylic acids is 1. The van der Waals surface area contributed by atoms with Crippen molar-refractivity contribution in [3.63, 3.8) is 0 Å². The molecular formula is C14H16O4. The molecule has 1 N–H and O–H groups in total. The highest BCUT2D eigenvalue weighted by Gasteiger charge is 2.49. The molecule has 0 aliphatic rings. The van der Waals surface area contributed by atoms with Crippen LogP contribution in [0.25, 0.3) is 0 Å². The quantitative estimate of drug-likeness (QED) is 0.493. The van der Waals surface area contributed by atoms with Gasteiger partial charge in [-0.2, -0.15) is 0 Å². The normalized spacial score (nSPS) is 15.2. The van der Waals surface area contributed by atoms with E-state index in [9.17, 15) is 14.7 Å². The van der Waals surface area contributed by atoms with E-state index in [4.69, 9.17) is 0 Å². The largest absolute Gasteiger partial charge is 0.480 e. The van der Waals surface area contributed by atoms with Gasteiger partial charge in [0.05, 0.1) is 7.11 Å². The van der Waals surface area contributed by atoms with E-state index in [-0.39, 0.29) is 0 Å². The highest BCUT2D eigenvalue weighted by molar-refractivity contribution is 6.00. The fourth-order valence-electron chi connectivity index (χ4n) is 1.92. The third kappa shape index (κ3) is 2.27. The number of carboxylic acids is 1. The van der Waals surface area contributed by atoms with Crippen LogP contribution in [0.15, 0.2) is 43.0 Å². The summed E-state index contributed by atoms with van der Waals surface area (Å²) >= 11 is 0. The van der Waals surface area contributed by atoms with Crippen LogP contribution in [0.2, 0.25) is 0 Å². The number of rotatable bonds is 5. The fraction of sp³-hybridized carbons (Fsp3) is 0.286. The molecule has 1 aromatic rings. The van der Waals surface area contributed by atoms with Gasteiger partial charge in [0, 0.05) is 5.92 Å². The Kier molecular flexibility index (Phi) is 4.26. The van der Waals surface area contributed by atoms with Crippen LogP contribution in [-0.2, 0) is 14.3 Å². The van der Waals surface area contributed by atoms with Crippen LogP contribution in [0.3, 0.4) is 0 Å². The molecule has 1 rings (SSSR count). The zero-order valence-corrected chi connectivity index (χ0v) is 10.4. The van der Waals surface area contributed by atoms with E-state index < -0.39 is 23.3 Å². The van der Waals surface area contributed by atoms with Crippen molar-refractivity contribution in [2.24, 2.45) is 5.41 Å². The Labute approximate surface area is 106 Å². The number of allylic oxidation sites excluding steroid dienone is 1. The van der Waals surface area contributed by atoms with E-state index in [1.54, 1.807) is 24.3 Å². The lowest BCUT2D eigenvalue weighted by atomic mass is 9.73. The summed E-state index contributed by atoms with van der Waals surface area (Å²) in [7, 11) is 1.18. The molecule has 0 bridgehead atoms. The van der Waals surface area contributed by atoms with Gasteiger partial charge < -0.3 is 9.84 Å². The third-order valence-electron chi connectivity index (χ3n) is 3.07. The van der Waals surface area contributed by atoms with Gasteiger partial charge >= 0.3 is 11.9 Å². The second-order valence-electron chi connectivity index (χ2n) is 4.12. The maximum Gasteiger partial charge on any atom is 0.323 e. The minimum absolute atomic E-state index is 0.649. The number of methoxy groups -OCH3 is 1. The van der Waals surface area contributed by atoms with Gasteiger partial charge in [-0.25, -0.2) is 0 Å². The first-order chi connectivity index (χ1) is 8.48. The monoisotopic (exact) mass is 248 g/mol.